The molecule has 1 N–H and O–H groups in total. The van der Waals surface area contributed by atoms with Gasteiger partial charge in [0.25, 0.3) is 0 Å². The van der Waals surface area contributed by atoms with Crippen molar-refractivity contribution in [3.8, 4) is 5.75 Å². The van der Waals surface area contributed by atoms with Crippen molar-refractivity contribution in [2.24, 2.45) is 5.92 Å². The molecule has 102 valence electrons. The molecule has 18 heavy (non-hydrogen) atoms. The van der Waals surface area contributed by atoms with Crippen LogP contribution in [0.25, 0.3) is 0 Å². The summed E-state index contributed by atoms with van der Waals surface area (Å²) in [7, 11) is 2.00. The molecule has 0 amide bonds. The molecule has 2 nitrogen and oxygen atoms in total. The highest BCUT2D eigenvalue weighted by Gasteiger charge is 2.04. The highest BCUT2D eigenvalue weighted by Crippen LogP contribution is 2.17. The molecule has 1 aromatic carbocycles. The first kappa shape index (κ1) is 15.0. The third-order valence-electron chi connectivity index (χ3n) is 3.43. The van der Waals surface area contributed by atoms with Gasteiger partial charge in [-0.15, -0.1) is 0 Å². The third-order valence-corrected chi connectivity index (χ3v) is 3.43. The lowest BCUT2D eigenvalue weighted by Crippen LogP contribution is -2.10. The molecule has 0 saturated heterocycles. The molecule has 0 aromatic heterocycles. The Hall–Kier alpha value is -1.02. The van der Waals surface area contributed by atoms with Crippen LogP contribution in [0.2, 0.25) is 0 Å². The molecule has 0 bridgehead atoms. The van der Waals surface area contributed by atoms with Gasteiger partial charge >= 0.3 is 0 Å². The van der Waals surface area contributed by atoms with Gasteiger partial charge in [-0.25, -0.2) is 0 Å². The second-order valence-corrected chi connectivity index (χ2v) is 4.85. The van der Waals surface area contributed by atoms with E-state index < -0.39 is 0 Å². The van der Waals surface area contributed by atoms with Gasteiger partial charge in [0.15, 0.2) is 0 Å². The molecule has 1 aromatic rings. The predicted octanol–water partition coefficient (Wildman–Crippen LogP) is 3.65. The van der Waals surface area contributed by atoms with Gasteiger partial charge in [-0.2, -0.15) is 0 Å². The molecule has 0 heterocycles. The number of rotatable bonds is 9. The average Bonchev–Trinajstić information content (AvgIpc) is 2.41. The summed E-state index contributed by atoms with van der Waals surface area (Å²) in [5.41, 5.74) is 1.37. The number of nitrogens with one attached hydrogen (secondary N) is 1. The van der Waals surface area contributed by atoms with Gasteiger partial charge < -0.3 is 10.1 Å². The summed E-state index contributed by atoms with van der Waals surface area (Å²) in [4.78, 5) is 0. The fraction of sp³-hybridized carbons (Fsp3) is 0.625. The summed E-state index contributed by atoms with van der Waals surface area (Å²) in [5, 5.41) is 3.18. The first-order valence-electron chi connectivity index (χ1n) is 7.16. The van der Waals surface area contributed by atoms with E-state index in [1.165, 1.54) is 24.8 Å². The number of hydrogen-bond acceptors (Lipinski definition) is 2. The Morgan fingerprint density at radius 1 is 1.22 bits per heavy atom. The lowest BCUT2D eigenvalue weighted by atomic mass is 10.1. The number of hydrogen-bond donors (Lipinski definition) is 1. The Bertz CT molecular complexity index is 321. The van der Waals surface area contributed by atoms with Crippen LogP contribution in [0.4, 0.5) is 0 Å². The van der Waals surface area contributed by atoms with Gasteiger partial charge in [0.05, 0.1) is 6.61 Å². The van der Waals surface area contributed by atoms with E-state index >= 15 is 0 Å². The van der Waals surface area contributed by atoms with Crippen LogP contribution in [0.15, 0.2) is 24.3 Å². The van der Waals surface area contributed by atoms with Gasteiger partial charge in [0.1, 0.15) is 5.75 Å². The van der Waals surface area contributed by atoms with Gasteiger partial charge in [-0.05, 0) is 50.0 Å². The lowest BCUT2D eigenvalue weighted by Gasteiger charge is -2.14. The van der Waals surface area contributed by atoms with Gasteiger partial charge in [-0.1, -0.05) is 38.8 Å². The molecule has 1 rings (SSSR count). The zero-order valence-corrected chi connectivity index (χ0v) is 12.0. The molecule has 0 spiro atoms. The summed E-state index contributed by atoms with van der Waals surface area (Å²) in [6, 6.07) is 8.51. The maximum Gasteiger partial charge on any atom is 0.119 e. The quantitative estimate of drug-likeness (QED) is 0.674. The minimum atomic E-state index is 0.679. The Morgan fingerprint density at radius 3 is 2.67 bits per heavy atom. The van der Waals surface area contributed by atoms with Crippen molar-refractivity contribution in [3.05, 3.63) is 29.8 Å². The third kappa shape index (κ3) is 5.54. The van der Waals surface area contributed by atoms with Crippen molar-refractivity contribution >= 4 is 0 Å². The van der Waals surface area contributed by atoms with Crippen molar-refractivity contribution in [3.63, 3.8) is 0 Å². The van der Waals surface area contributed by atoms with Crippen LogP contribution < -0.4 is 10.1 Å². The van der Waals surface area contributed by atoms with E-state index in [0.717, 1.165) is 25.3 Å². The number of ether oxygens (including phenoxy) is 1. The van der Waals surface area contributed by atoms with Crippen molar-refractivity contribution in [2.75, 3.05) is 20.2 Å². The van der Waals surface area contributed by atoms with Crippen LogP contribution in [0.5, 0.6) is 5.75 Å². The van der Waals surface area contributed by atoms with Gasteiger partial charge in [-0.3, -0.25) is 0 Å². The largest absolute Gasteiger partial charge is 0.493 e. The smallest absolute Gasteiger partial charge is 0.119 e. The molecule has 0 aliphatic carbocycles. The van der Waals surface area contributed by atoms with Crippen LogP contribution in [-0.2, 0) is 6.42 Å². The van der Waals surface area contributed by atoms with E-state index in [1.54, 1.807) is 0 Å². The molecule has 0 aliphatic heterocycles. The first-order valence-corrected chi connectivity index (χ1v) is 7.16. The van der Waals surface area contributed by atoms with Gasteiger partial charge in [0, 0.05) is 0 Å². The van der Waals surface area contributed by atoms with E-state index in [1.807, 2.05) is 7.05 Å². The van der Waals surface area contributed by atoms with Crippen LogP contribution >= 0.6 is 0 Å². The Balaban J connectivity index is 2.43. The van der Waals surface area contributed by atoms with Crippen LogP contribution in [0.3, 0.4) is 0 Å². The van der Waals surface area contributed by atoms with Crippen LogP contribution in [0.1, 0.15) is 38.7 Å². The summed E-state index contributed by atoms with van der Waals surface area (Å²) in [6.45, 7) is 6.36. The van der Waals surface area contributed by atoms with Crippen LogP contribution in [0, 0.1) is 5.92 Å². The highest BCUT2D eigenvalue weighted by atomic mass is 16.5. The fourth-order valence-electron chi connectivity index (χ4n) is 2.00. The SMILES string of the molecule is CCC(CC)COc1cccc(CCCNC)c1. The van der Waals surface area contributed by atoms with E-state index in [-0.39, 0.29) is 0 Å². The van der Waals surface area contributed by atoms with Crippen molar-refractivity contribution in [2.45, 2.75) is 39.5 Å². The first-order chi connectivity index (χ1) is 8.80. The minimum absolute atomic E-state index is 0.679. The summed E-state index contributed by atoms with van der Waals surface area (Å²) in [6.07, 6.45) is 4.67. The number of benzene rings is 1. The van der Waals surface area contributed by atoms with Crippen molar-refractivity contribution in [1.29, 1.82) is 0 Å². The molecule has 0 unspecified atom stereocenters. The molecule has 0 atom stereocenters. The van der Waals surface area contributed by atoms with Crippen molar-refractivity contribution in [1.82, 2.24) is 5.32 Å². The fourth-order valence-corrected chi connectivity index (χ4v) is 2.00. The van der Waals surface area contributed by atoms with Crippen molar-refractivity contribution < 1.29 is 4.74 Å². The molecule has 2 heteroatoms. The van der Waals surface area contributed by atoms with E-state index in [0.29, 0.717) is 5.92 Å². The molecular formula is C16H27NO. The summed E-state index contributed by atoms with van der Waals surface area (Å²) < 4.78 is 5.88. The van der Waals surface area contributed by atoms with Crippen LogP contribution in [-0.4, -0.2) is 20.2 Å². The van der Waals surface area contributed by atoms with E-state index in [9.17, 15) is 0 Å². The number of aryl methyl sites for hydroxylation is 1. The second-order valence-electron chi connectivity index (χ2n) is 4.85. The Morgan fingerprint density at radius 2 is 2.00 bits per heavy atom. The zero-order valence-electron chi connectivity index (χ0n) is 12.0. The van der Waals surface area contributed by atoms with E-state index in [4.69, 9.17) is 4.74 Å². The standard InChI is InChI=1S/C16H27NO/c1-4-14(5-2)13-18-16-10-6-8-15(12-16)9-7-11-17-3/h6,8,10,12,14,17H,4-5,7,9,11,13H2,1-3H3. The van der Waals surface area contributed by atoms with Gasteiger partial charge in [0.2, 0.25) is 0 Å². The monoisotopic (exact) mass is 249 g/mol. The highest BCUT2D eigenvalue weighted by molar-refractivity contribution is 5.28. The lowest BCUT2D eigenvalue weighted by molar-refractivity contribution is 0.240. The zero-order chi connectivity index (χ0) is 13.2. The summed E-state index contributed by atoms with van der Waals surface area (Å²) >= 11 is 0. The molecule has 0 fully saturated rings. The van der Waals surface area contributed by atoms with E-state index in [2.05, 4.69) is 43.4 Å². The molecule has 0 radical (unpaired) electrons. The minimum Gasteiger partial charge on any atom is -0.493 e. The molecular weight excluding hydrogens is 222 g/mol. The summed E-state index contributed by atoms with van der Waals surface area (Å²) in [5.74, 6) is 1.70. The Kier molecular flexibility index (Phi) is 7.51. The second kappa shape index (κ2) is 8.98. The normalized spacial score (nSPS) is 10.9. The maximum absolute atomic E-state index is 5.88. The topological polar surface area (TPSA) is 21.3 Å². The maximum atomic E-state index is 5.88. The average molecular weight is 249 g/mol. The molecule has 0 saturated carbocycles. The Labute approximate surface area is 112 Å². The predicted molar refractivity (Wildman–Crippen MR) is 78.3 cm³/mol. The molecule has 0 aliphatic rings.